The van der Waals surface area contributed by atoms with Gasteiger partial charge in [0.05, 0.1) is 10.9 Å². The molecule has 3 rings (SSSR count). The molecule has 1 aromatic carbocycles. The maximum absolute atomic E-state index is 13.1. The molecule has 1 saturated heterocycles. The van der Waals surface area contributed by atoms with E-state index < -0.39 is 10.0 Å². The zero-order valence-corrected chi connectivity index (χ0v) is 15.4. The molecule has 1 fully saturated rings. The van der Waals surface area contributed by atoms with Gasteiger partial charge in [-0.3, -0.25) is 0 Å². The van der Waals surface area contributed by atoms with Crippen molar-refractivity contribution in [3.05, 3.63) is 47.3 Å². The van der Waals surface area contributed by atoms with Crippen molar-refractivity contribution in [3.63, 3.8) is 0 Å². The van der Waals surface area contributed by atoms with Gasteiger partial charge in [-0.25, -0.2) is 8.42 Å². The van der Waals surface area contributed by atoms with E-state index in [0.29, 0.717) is 22.9 Å². The lowest BCUT2D eigenvalue weighted by molar-refractivity contribution is 0.349. The van der Waals surface area contributed by atoms with Crippen molar-refractivity contribution >= 4 is 10.0 Å². The standard InChI is InChI=1S/C18H24N2O3S/c1-13-12-16(19-23-13)17-6-5-11-20(17)24(21,22)15-9-7-14(8-10-15)18(2,3)4/h7-10,12,17H,5-6,11H2,1-4H3. The molecule has 0 amide bonds. The summed E-state index contributed by atoms with van der Waals surface area (Å²) in [5, 5.41) is 4.02. The molecule has 0 N–H and O–H groups in total. The summed E-state index contributed by atoms with van der Waals surface area (Å²) in [4.78, 5) is 0.336. The molecule has 1 atom stereocenters. The molecule has 0 saturated carbocycles. The monoisotopic (exact) mass is 348 g/mol. The van der Waals surface area contributed by atoms with E-state index in [1.54, 1.807) is 16.4 Å². The van der Waals surface area contributed by atoms with Gasteiger partial charge in [0.25, 0.3) is 0 Å². The Bertz CT molecular complexity index is 817. The number of rotatable bonds is 3. The molecular weight excluding hydrogens is 324 g/mol. The van der Waals surface area contributed by atoms with Crippen LogP contribution in [0.3, 0.4) is 0 Å². The SMILES string of the molecule is Cc1cc(C2CCCN2S(=O)(=O)c2ccc(C(C)(C)C)cc2)no1. The Morgan fingerprint density at radius 1 is 1.21 bits per heavy atom. The number of aromatic nitrogens is 1. The topological polar surface area (TPSA) is 63.4 Å². The van der Waals surface area contributed by atoms with Crippen LogP contribution >= 0.6 is 0 Å². The van der Waals surface area contributed by atoms with Gasteiger partial charge in [-0.15, -0.1) is 0 Å². The van der Waals surface area contributed by atoms with Gasteiger partial charge in [0.1, 0.15) is 11.5 Å². The molecule has 2 heterocycles. The highest BCUT2D eigenvalue weighted by Crippen LogP contribution is 2.36. The van der Waals surface area contributed by atoms with Crippen LogP contribution in [0.15, 0.2) is 39.8 Å². The Kier molecular flexibility index (Phi) is 4.30. The average Bonchev–Trinajstić information content (AvgIpc) is 3.15. The third-order valence-corrected chi connectivity index (χ3v) is 6.44. The minimum absolute atomic E-state index is 0.00326. The average molecular weight is 348 g/mol. The first-order valence-electron chi connectivity index (χ1n) is 8.25. The quantitative estimate of drug-likeness (QED) is 0.846. The van der Waals surface area contributed by atoms with Gasteiger partial charge >= 0.3 is 0 Å². The molecule has 2 aromatic rings. The minimum Gasteiger partial charge on any atom is -0.361 e. The summed E-state index contributed by atoms with van der Waals surface area (Å²) in [6.07, 6.45) is 1.60. The van der Waals surface area contributed by atoms with E-state index in [2.05, 4.69) is 25.9 Å². The zero-order valence-electron chi connectivity index (χ0n) is 14.6. The lowest BCUT2D eigenvalue weighted by Crippen LogP contribution is -2.31. The largest absolute Gasteiger partial charge is 0.361 e. The maximum atomic E-state index is 13.1. The number of benzene rings is 1. The summed E-state index contributed by atoms with van der Waals surface area (Å²) >= 11 is 0. The van der Waals surface area contributed by atoms with Crippen LogP contribution < -0.4 is 0 Å². The number of nitrogens with zero attached hydrogens (tertiary/aromatic N) is 2. The Hall–Kier alpha value is -1.66. The van der Waals surface area contributed by atoms with Crippen molar-refractivity contribution in [3.8, 4) is 0 Å². The highest BCUT2D eigenvalue weighted by molar-refractivity contribution is 7.89. The second-order valence-electron chi connectivity index (χ2n) is 7.41. The van der Waals surface area contributed by atoms with E-state index in [1.165, 1.54) is 0 Å². The van der Waals surface area contributed by atoms with E-state index in [4.69, 9.17) is 4.52 Å². The number of hydrogen-bond acceptors (Lipinski definition) is 4. The Morgan fingerprint density at radius 2 is 1.88 bits per heavy atom. The van der Waals surface area contributed by atoms with Crippen LogP contribution in [0.4, 0.5) is 0 Å². The van der Waals surface area contributed by atoms with Crippen LogP contribution in [0.1, 0.15) is 56.7 Å². The number of sulfonamides is 1. The minimum atomic E-state index is -3.54. The molecule has 1 unspecified atom stereocenters. The van der Waals surface area contributed by atoms with E-state index in [0.717, 1.165) is 18.4 Å². The van der Waals surface area contributed by atoms with Crippen molar-refractivity contribution in [2.75, 3.05) is 6.54 Å². The number of hydrogen-bond donors (Lipinski definition) is 0. The predicted molar refractivity (Wildman–Crippen MR) is 92.2 cm³/mol. The normalized spacial score (nSPS) is 19.8. The summed E-state index contributed by atoms with van der Waals surface area (Å²) < 4.78 is 32.8. The van der Waals surface area contributed by atoms with Gasteiger partial charge in [0, 0.05) is 12.6 Å². The second kappa shape index (κ2) is 6.01. The maximum Gasteiger partial charge on any atom is 0.243 e. The molecular formula is C18H24N2O3S. The molecule has 0 radical (unpaired) electrons. The summed E-state index contributed by atoms with van der Waals surface area (Å²) in [5.41, 5.74) is 1.81. The van der Waals surface area contributed by atoms with Crippen molar-refractivity contribution in [1.82, 2.24) is 9.46 Å². The van der Waals surface area contributed by atoms with Crippen LogP contribution in [0, 0.1) is 6.92 Å². The van der Waals surface area contributed by atoms with Gasteiger partial charge in [0.15, 0.2) is 0 Å². The molecule has 24 heavy (non-hydrogen) atoms. The van der Waals surface area contributed by atoms with Crippen LogP contribution in [0.25, 0.3) is 0 Å². The second-order valence-corrected chi connectivity index (χ2v) is 9.30. The molecule has 130 valence electrons. The van der Waals surface area contributed by atoms with Gasteiger partial charge in [-0.05, 0) is 42.9 Å². The van der Waals surface area contributed by atoms with Crippen molar-refractivity contribution in [2.24, 2.45) is 0 Å². The van der Waals surface area contributed by atoms with Gasteiger partial charge < -0.3 is 4.52 Å². The smallest absolute Gasteiger partial charge is 0.243 e. The fraction of sp³-hybridized carbons (Fsp3) is 0.500. The highest BCUT2D eigenvalue weighted by atomic mass is 32.2. The molecule has 6 heteroatoms. The van der Waals surface area contributed by atoms with Crippen molar-refractivity contribution < 1.29 is 12.9 Å². The van der Waals surface area contributed by atoms with Crippen LogP contribution in [0.2, 0.25) is 0 Å². The first-order valence-corrected chi connectivity index (χ1v) is 9.69. The molecule has 5 nitrogen and oxygen atoms in total. The van der Waals surface area contributed by atoms with E-state index in [-0.39, 0.29) is 11.5 Å². The molecule has 0 bridgehead atoms. The fourth-order valence-electron chi connectivity index (χ4n) is 3.13. The van der Waals surface area contributed by atoms with E-state index >= 15 is 0 Å². The zero-order chi connectivity index (χ0) is 17.5. The third kappa shape index (κ3) is 3.13. The first-order chi connectivity index (χ1) is 11.2. The first kappa shape index (κ1) is 17.2. The highest BCUT2D eigenvalue weighted by Gasteiger charge is 2.37. The summed E-state index contributed by atoms with van der Waals surface area (Å²) in [6.45, 7) is 8.66. The molecule has 0 spiro atoms. The lowest BCUT2D eigenvalue weighted by atomic mass is 9.87. The summed E-state index contributed by atoms with van der Waals surface area (Å²) in [7, 11) is -3.54. The Labute approximate surface area is 143 Å². The molecule has 0 aliphatic carbocycles. The predicted octanol–water partition coefficient (Wildman–Crippen LogP) is 3.81. The van der Waals surface area contributed by atoms with Gasteiger partial charge in [-0.1, -0.05) is 38.1 Å². The lowest BCUT2D eigenvalue weighted by Gasteiger charge is -2.23. The molecule has 1 aliphatic rings. The van der Waals surface area contributed by atoms with Crippen molar-refractivity contribution in [1.29, 1.82) is 0 Å². The summed E-state index contributed by atoms with van der Waals surface area (Å²) in [6, 6.07) is 8.80. The Morgan fingerprint density at radius 3 is 2.42 bits per heavy atom. The fourth-order valence-corrected chi connectivity index (χ4v) is 4.80. The van der Waals surface area contributed by atoms with Gasteiger partial charge in [-0.2, -0.15) is 4.31 Å². The van der Waals surface area contributed by atoms with E-state index in [9.17, 15) is 8.42 Å². The molecule has 1 aliphatic heterocycles. The van der Waals surface area contributed by atoms with Crippen molar-refractivity contribution in [2.45, 2.75) is 56.9 Å². The number of aryl methyl sites for hydroxylation is 1. The van der Waals surface area contributed by atoms with Crippen LogP contribution in [-0.2, 0) is 15.4 Å². The summed E-state index contributed by atoms with van der Waals surface area (Å²) in [5.74, 6) is 0.698. The van der Waals surface area contributed by atoms with Crippen LogP contribution in [-0.4, -0.2) is 24.4 Å². The third-order valence-electron chi connectivity index (χ3n) is 4.52. The molecule has 1 aromatic heterocycles. The van der Waals surface area contributed by atoms with Gasteiger partial charge in [0.2, 0.25) is 10.0 Å². The van der Waals surface area contributed by atoms with Crippen LogP contribution in [0.5, 0.6) is 0 Å². The Balaban J connectivity index is 1.92. The van der Waals surface area contributed by atoms with E-state index in [1.807, 2.05) is 25.1 Å².